The van der Waals surface area contributed by atoms with E-state index >= 15 is 0 Å². The molecule has 0 aromatic heterocycles. The standard InChI is InChI=1S/C20H30N2O4/c1-5-22(6-2)11-7-10-21-19(24)14-25-15-8-9-18-16(12-15)17(23)13-20(3,4)26-18/h8-9,12H,5-7,10-11,13-14H2,1-4H3,(H,21,24). The van der Waals surface area contributed by atoms with E-state index in [1.807, 2.05) is 13.8 Å². The average molecular weight is 362 g/mol. The summed E-state index contributed by atoms with van der Waals surface area (Å²) in [6.07, 6.45) is 1.24. The summed E-state index contributed by atoms with van der Waals surface area (Å²) in [7, 11) is 0. The molecule has 1 heterocycles. The van der Waals surface area contributed by atoms with Crippen LogP contribution in [-0.4, -0.2) is 55.0 Å². The van der Waals surface area contributed by atoms with Crippen molar-refractivity contribution in [2.24, 2.45) is 0 Å². The van der Waals surface area contributed by atoms with Crippen LogP contribution >= 0.6 is 0 Å². The number of ether oxygens (including phenoxy) is 2. The van der Waals surface area contributed by atoms with E-state index in [9.17, 15) is 9.59 Å². The fourth-order valence-corrected chi connectivity index (χ4v) is 2.99. The number of ketones is 1. The van der Waals surface area contributed by atoms with Gasteiger partial charge in [-0.25, -0.2) is 0 Å². The number of hydrogen-bond donors (Lipinski definition) is 1. The predicted octanol–water partition coefficient (Wildman–Crippen LogP) is 2.66. The van der Waals surface area contributed by atoms with Crippen molar-refractivity contribution < 1.29 is 19.1 Å². The Balaban J connectivity index is 1.79. The van der Waals surface area contributed by atoms with E-state index in [1.54, 1.807) is 18.2 Å². The Hall–Kier alpha value is -2.08. The van der Waals surface area contributed by atoms with Gasteiger partial charge in [0, 0.05) is 6.54 Å². The zero-order valence-corrected chi connectivity index (χ0v) is 16.3. The van der Waals surface area contributed by atoms with Crippen LogP contribution < -0.4 is 14.8 Å². The third-order valence-corrected chi connectivity index (χ3v) is 4.46. The second kappa shape index (κ2) is 9.03. The van der Waals surface area contributed by atoms with Crippen molar-refractivity contribution in [2.75, 3.05) is 32.8 Å². The van der Waals surface area contributed by atoms with Gasteiger partial charge in [0.2, 0.25) is 0 Å². The summed E-state index contributed by atoms with van der Waals surface area (Å²) in [6, 6.07) is 5.10. The third kappa shape index (κ3) is 5.73. The minimum absolute atomic E-state index is 0.0301. The quantitative estimate of drug-likeness (QED) is 0.684. The molecule has 1 N–H and O–H groups in total. The van der Waals surface area contributed by atoms with Gasteiger partial charge in [0.05, 0.1) is 12.0 Å². The number of nitrogens with one attached hydrogen (secondary N) is 1. The van der Waals surface area contributed by atoms with Crippen molar-refractivity contribution in [2.45, 2.75) is 46.1 Å². The normalized spacial score (nSPS) is 15.3. The maximum Gasteiger partial charge on any atom is 0.257 e. The highest BCUT2D eigenvalue weighted by atomic mass is 16.5. The van der Waals surface area contributed by atoms with Gasteiger partial charge in [-0.05, 0) is 58.1 Å². The van der Waals surface area contributed by atoms with Crippen molar-refractivity contribution in [1.29, 1.82) is 0 Å². The largest absolute Gasteiger partial charge is 0.487 e. The van der Waals surface area contributed by atoms with Crippen LogP contribution in [0.4, 0.5) is 0 Å². The van der Waals surface area contributed by atoms with Crippen molar-refractivity contribution in [3.8, 4) is 11.5 Å². The van der Waals surface area contributed by atoms with Crippen LogP contribution in [0.2, 0.25) is 0 Å². The Labute approximate surface area is 155 Å². The molecule has 2 rings (SSSR count). The molecule has 144 valence electrons. The van der Waals surface area contributed by atoms with Gasteiger partial charge in [-0.2, -0.15) is 0 Å². The molecule has 0 atom stereocenters. The number of rotatable bonds is 9. The van der Waals surface area contributed by atoms with E-state index in [0.29, 0.717) is 30.0 Å². The monoisotopic (exact) mass is 362 g/mol. The van der Waals surface area contributed by atoms with Gasteiger partial charge in [-0.15, -0.1) is 0 Å². The van der Waals surface area contributed by atoms with E-state index in [0.717, 1.165) is 26.1 Å². The summed E-state index contributed by atoms with van der Waals surface area (Å²) in [5.74, 6) is 0.937. The molecule has 0 aliphatic carbocycles. The molecule has 1 aliphatic heterocycles. The van der Waals surface area contributed by atoms with Gasteiger partial charge in [0.1, 0.15) is 17.1 Å². The number of amides is 1. The molecule has 0 spiro atoms. The summed E-state index contributed by atoms with van der Waals surface area (Å²) in [4.78, 5) is 26.5. The molecule has 0 unspecified atom stereocenters. The fraction of sp³-hybridized carbons (Fsp3) is 0.600. The number of carbonyl (C=O) groups excluding carboxylic acids is 2. The third-order valence-electron chi connectivity index (χ3n) is 4.46. The van der Waals surface area contributed by atoms with Crippen molar-refractivity contribution in [1.82, 2.24) is 10.2 Å². The fourth-order valence-electron chi connectivity index (χ4n) is 2.99. The number of benzene rings is 1. The van der Waals surface area contributed by atoms with Crippen LogP contribution in [0.3, 0.4) is 0 Å². The van der Waals surface area contributed by atoms with Gasteiger partial charge in [0.15, 0.2) is 12.4 Å². The Morgan fingerprint density at radius 2 is 2.04 bits per heavy atom. The van der Waals surface area contributed by atoms with Gasteiger partial charge >= 0.3 is 0 Å². The van der Waals surface area contributed by atoms with Gasteiger partial charge in [-0.1, -0.05) is 13.8 Å². The zero-order chi connectivity index (χ0) is 19.2. The number of fused-ring (bicyclic) bond motifs is 1. The second-order valence-corrected chi connectivity index (χ2v) is 7.14. The second-order valence-electron chi connectivity index (χ2n) is 7.14. The highest BCUT2D eigenvalue weighted by Crippen LogP contribution is 2.35. The van der Waals surface area contributed by atoms with Gasteiger partial charge < -0.3 is 19.7 Å². The summed E-state index contributed by atoms with van der Waals surface area (Å²) < 4.78 is 11.3. The van der Waals surface area contributed by atoms with Gasteiger partial charge in [0.25, 0.3) is 5.91 Å². The van der Waals surface area contributed by atoms with Crippen molar-refractivity contribution in [3.63, 3.8) is 0 Å². The first-order valence-corrected chi connectivity index (χ1v) is 9.32. The zero-order valence-electron chi connectivity index (χ0n) is 16.3. The highest BCUT2D eigenvalue weighted by molar-refractivity contribution is 6.00. The molecular weight excluding hydrogens is 332 g/mol. The molecule has 0 saturated heterocycles. The first-order chi connectivity index (χ1) is 12.3. The topological polar surface area (TPSA) is 67.9 Å². The summed E-state index contributed by atoms with van der Waals surface area (Å²) >= 11 is 0. The molecule has 1 aromatic rings. The van der Waals surface area contributed by atoms with E-state index in [4.69, 9.17) is 9.47 Å². The molecule has 6 heteroatoms. The lowest BCUT2D eigenvalue weighted by Gasteiger charge is -2.31. The predicted molar refractivity (Wildman–Crippen MR) is 101 cm³/mol. The van der Waals surface area contributed by atoms with E-state index < -0.39 is 5.60 Å². The average Bonchev–Trinajstić information content (AvgIpc) is 2.59. The SMILES string of the molecule is CCN(CC)CCCNC(=O)COc1ccc2c(c1)C(=O)CC(C)(C)O2. The lowest BCUT2D eigenvalue weighted by molar-refractivity contribution is -0.123. The van der Waals surface area contributed by atoms with Crippen LogP contribution in [0.1, 0.15) is 50.9 Å². The minimum Gasteiger partial charge on any atom is -0.487 e. The van der Waals surface area contributed by atoms with E-state index in [1.165, 1.54) is 0 Å². The molecule has 6 nitrogen and oxygen atoms in total. The van der Waals surface area contributed by atoms with Crippen LogP contribution in [0, 0.1) is 0 Å². The number of nitrogens with zero attached hydrogens (tertiary/aromatic N) is 1. The molecule has 1 amide bonds. The van der Waals surface area contributed by atoms with Crippen molar-refractivity contribution >= 4 is 11.7 Å². The van der Waals surface area contributed by atoms with Crippen LogP contribution in [0.15, 0.2) is 18.2 Å². The molecule has 0 fully saturated rings. The highest BCUT2D eigenvalue weighted by Gasteiger charge is 2.32. The molecule has 0 bridgehead atoms. The Kier molecular flexibility index (Phi) is 7.03. The minimum atomic E-state index is -0.489. The van der Waals surface area contributed by atoms with E-state index in [-0.39, 0.29) is 18.3 Å². The maximum absolute atomic E-state index is 12.3. The number of Topliss-reactive ketones (excluding diaryl/α,β-unsaturated/α-hetero) is 1. The van der Waals surface area contributed by atoms with Crippen LogP contribution in [0.5, 0.6) is 11.5 Å². The molecule has 0 radical (unpaired) electrons. The summed E-state index contributed by atoms with van der Waals surface area (Å²) in [5.41, 5.74) is 0.0266. The Morgan fingerprint density at radius 1 is 1.31 bits per heavy atom. The van der Waals surface area contributed by atoms with E-state index in [2.05, 4.69) is 24.1 Å². The van der Waals surface area contributed by atoms with Crippen LogP contribution in [-0.2, 0) is 4.79 Å². The Morgan fingerprint density at radius 3 is 2.73 bits per heavy atom. The van der Waals surface area contributed by atoms with Gasteiger partial charge in [-0.3, -0.25) is 9.59 Å². The lowest BCUT2D eigenvalue weighted by Crippen LogP contribution is -2.35. The molecule has 26 heavy (non-hydrogen) atoms. The summed E-state index contributed by atoms with van der Waals surface area (Å²) in [5, 5.41) is 2.86. The molecule has 1 aromatic carbocycles. The van der Waals surface area contributed by atoms with Crippen LogP contribution in [0.25, 0.3) is 0 Å². The maximum atomic E-state index is 12.3. The lowest BCUT2D eigenvalue weighted by atomic mass is 9.93. The number of hydrogen-bond acceptors (Lipinski definition) is 5. The van der Waals surface area contributed by atoms with Crippen molar-refractivity contribution in [3.05, 3.63) is 23.8 Å². The molecule has 0 saturated carbocycles. The molecular formula is C20H30N2O4. The first kappa shape index (κ1) is 20.2. The summed E-state index contributed by atoms with van der Waals surface area (Å²) in [6.45, 7) is 11.6. The Bertz CT molecular complexity index is 639. The first-order valence-electron chi connectivity index (χ1n) is 9.32. The number of carbonyl (C=O) groups is 2. The molecule has 1 aliphatic rings. The smallest absolute Gasteiger partial charge is 0.257 e.